The number of fused-ring (bicyclic) bond motifs is 1. The lowest BCUT2D eigenvalue weighted by Gasteiger charge is -2.16. The van der Waals surface area contributed by atoms with Gasteiger partial charge in [0.1, 0.15) is 4.81 Å². The number of benzene rings is 1. The molecule has 0 atom stereocenters. The van der Waals surface area contributed by atoms with Crippen LogP contribution in [0.4, 0.5) is 5.69 Å². The predicted octanol–water partition coefficient (Wildman–Crippen LogP) is 4.37. The highest BCUT2D eigenvalue weighted by molar-refractivity contribution is 6.07. The Morgan fingerprint density at radius 3 is 2.41 bits per heavy atom. The van der Waals surface area contributed by atoms with Gasteiger partial charge in [-0.2, -0.15) is 5.21 Å². The monoisotopic (exact) mass is 444 g/mol. The molecule has 9 heteroatoms. The Labute approximate surface area is 186 Å². The molecule has 172 valence electrons. The number of rotatable bonds is 11. The molecule has 1 aromatic carbocycles. The van der Waals surface area contributed by atoms with E-state index < -0.39 is 22.6 Å². The summed E-state index contributed by atoms with van der Waals surface area (Å²) in [4.78, 5) is 54.7. The molecule has 1 fully saturated rings. The van der Waals surface area contributed by atoms with Crippen LogP contribution in [0.3, 0.4) is 0 Å². The molecule has 2 aromatic rings. The molecule has 0 bridgehead atoms. The lowest BCUT2D eigenvalue weighted by Crippen LogP contribution is -2.50. The average molecular weight is 445 g/mol. The van der Waals surface area contributed by atoms with Crippen LogP contribution in [0.25, 0.3) is 10.9 Å². The van der Waals surface area contributed by atoms with E-state index in [9.17, 15) is 24.4 Å². The van der Waals surface area contributed by atoms with Gasteiger partial charge in [-0.15, -0.1) is 0 Å². The summed E-state index contributed by atoms with van der Waals surface area (Å²) in [6, 6.07) is 4.73. The molecule has 2 heterocycles. The summed E-state index contributed by atoms with van der Waals surface area (Å²) in [7, 11) is 0. The molecule has 1 aliphatic rings. The molecule has 3 amide bonds. The van der Waals surface area contributed by atoms with E-state index in [0.717, 1.165) is 19.3 Å². The molecular formula is C23H30N3O6+. The first-order valence-electron chi connectivity index (χ1n) is 11.2. The van der Waals surface area contributed by atoms with E-state index in [2.05, 4.69) is 17.2 Å². The van der Waals surface area contributed by atoms with E-state index in [0.29, 0.717) is 23.0 Å². The van der Waals surface area contributed by atoms with Crippen LogP contribution >= 0.6 is 0 Å². The first-order chi connectivity index (χ1) is 15.3. The summed E-state index contributed by atoms with van der Waals surface area (Å²) < 4.78 is 0. The van der Waals surface area contributed by atoms with Crippen molar-refractivity contribution in [1.82, 2.24) is 4.98 Å². The van der Waals surface area contributed by atoms with Gasteiger partial charge in [0.15, 0.2) is 0 Å². The van der Waals surface area contributed by atoms with Crippen LogP contribution in [0.15, 0.2) is 24.4 Å². The van der Waals surface area contributed by atoms with Crippen LogP contribution in [0.5, 0.6) is 0 Å². The smallest absolute Gasteiger partial charge is 0.361 e. The number of hydrogen-bond acceptors (Lipinski definition) is 6. The molecule has 0 aliphatic carbocycles. The van der Waals surface area contributed by atoms with Gasteiger partial charge in [-0.25, -0.2) is 19.2 Å². The number of quaternary nitrogens is 1. The number of aromatic nitrogens is 1. The van der Waals surface area contributed by atoms with Gasteiger partial charge in [0.25, 0.3) is 0 Å². The topological polar surface area (TPSA) is 126 Å². The number of carbonyl (C=O) groups is 4. The van der Waals surface area contributed by atoms with Crippen LogP contribution < -0.4 is 5.32 Å². The van der Waals surface area contributed by atoms with Crippen LogP contribution in [-0.2, 0) is 19.2 Å². The van der Waals surface area contributed by atoms with Gasteiger partial charge in [-0.05, 0) is 24.6 Å². The third kappa shape index (κ3) is 5.41. The highest BCUT2D eigenvalue weighted by Gasteiger charge is 2.55. The average Bonchev–Trinajstić information content (AvgIpc) is 3.32. The first-order valence-corrected chi connectivity index (χ1v) is 11.2. The SMILES string of the molecule is CCCCCCCCCC(=O)Nc1cc(C(=O)O[N+]2(O)C(=O)CCC2=O)c2cc[nH]c2c1. The zero-order chi connectivity index (χ0) is 23.1. The van der Waals surface area contributed by atoms with E-state index in [1.165, 1.54) is 31.7 Å². The molecule has 9 nitrogen and oxygen atoms in total. The van der Waals surface area contributed by atoms with Crippen LogP contribution in [-0.4, -0.2) is 38.7 Å². The van der Waals surface area contributed by atoms with Gasteiger partial charge in [-0.3, -0.25) is 4.79 Å². The van der Waals surface area contributed by atoms with Crippen molar-refractivity contribution in [2.24, 2.45) is 0 Å². The van der Waals surface area contributed by atoms with Gasteiger partial charge in [0.05, 0.1) is 18.4 Å². The molecule has 3 N–H and O–H groups in total. The number of aromatic amines is 1. The molecule has 1 aliphatic heterocycles. The Hall–Kier alpha value is -3.04. The van der Waals surface area contributed by atoms with Crippen molar-refractivity contribution in [1.29, 1.82) is 0 Å². The molecular weight excluding hydrogens is 414 g/mol. The Morgan fingerprint density at radius 2 is 1.72 bits per heavy atom. The number of hydrogen-bond donors (Lipinski definition) is 3. The Bertz CT molecular complexity index is 996. The van der Waals surface area contributed by atoms with E-state index in [4.69, 9.17) is 4.84 Å². The predicted molar refractivity (Wildman–Crippen MR) is 116 cm³/mol. The summed E-state index contributed by atoms with van der Waals surface area (Å²) in [6.45, 7) is 2.18. The third-order valence-electron chi connectivity index (χ3n) is 5.62. The Morgan fingerprint density at radius 1 is 1.06 bits per heavy atom. The van der Waals surface area contributed by atoms with Gasteiger partial charge in [0, 0.05) is 29.2 Å². The molecule has 1 saturated heterocycles. The summed E-state index contributed by atoms with van der Waals surface area (Å²) >= 11 is 0. The zero-order valence-corrected chi connectivity index (χ0v) is 18.3. The van der Waals surface area contributed by atoms with Gasteiger partial charge in [0.2, 0.25) is 5.91 Å². The zero-order valence-electron chi connectivity index (χ0n) is 18.3. The molecule has 3 rings (SSSR count). The number of carbonyl (C=O) groups excluding carboxylic acids is 4. The van der Waals surface area contributed by atoms with Crippen LogP contribution in [0, 0.1) is 0 Å². The van der Waals surface area contributed by atoms with E-state index in [1.54, 1.807) is 18.3 Å². The number of unbranched alkanes of at least 4 members (excludes halogenated alkanes) is 6. The van der Waals surface area contributed by atoms with Gasteiger partial charge >= 0.3 is 17.8 Å². The number of nitrogens with zero attached hydrogens (tertiary/aromatic N) is 1. The van der Waals surface area contributed by atoms with Crippen LogP contribution in [0.1, 0.15) is 81.5 Å². The second-order valence-electron chi connectivity index (χ2n) is 8.12. The highest BCUT2D eigenvalue weighted by Crippen LogP contribution is 2.27. The standard InChI is InChI=1S/C23H29N3O6/c1-2-3-4-5-6-7-8-9-20(27)25-16-14-18(17-12-13-24-19(17)15-16)23(30)32-26(31)21(28)10-11-22(26)29/h12-15,31H,2-11H2,1H3,(H-,24,25,27,30)/p+1. The molecule has 0 radical (unpaired) electrons. The first kappa shape index (κ1) is 23.6. The summed E-state index contributed by atoms with van der Waals surface area (Å²) in [5.74, 6) is -3.00. The maximum atomic E-state index is 12.7. The highest BCUT2D eigenvalue weighted by atomic mass is 17.0. The van der Waals surface area contributed by atoms with Crippen molar-refractivity contribution in [3.05, 3.63) is 30.0 Å². The number of imide groups is 1. The Kier molecular flexibility index (Phi) is 7.76. The van der Waals surface area contributed by atoms with Crippen molar-refractivity contribution in [3.8, 4) is 0 Å². The summed E-state index contributed by atoms with van der Waals surface area (Å²) in [6.07, 6.45) is 9.32. The number of amides is 3. The second kappa shape index (κ2) is 10.5. The van der Waals surface area contributed by atoms with E-state index in [1.807, 2.05) is 0 Å². The van der Waals surface area contributed by atoms with E-state index in [-0.39, 0.29) is 24.3 Å². The van der Waals surface area contributed by atoms with Crippen molar-refractivity contribution in [3.63, 3.8) is 0 Å². The molecule has 1 aromatic heterocycles. The number of H-pyrrole nitrogens is 1. The minimum absolute atomic E-state index is 0.0222. The maximum Gasteiger partial charge on any atom is 0.404 e. The normalized spacial score (nSPS) is 15.3. The van der Waals surface area contributed by atoms with Crippen molar-refractivity contribution in [2.75, 3.05) is 5.32 Å². The number of hydroxylamine groups is 4. The Balaban J connectivity index is 1.64. The lowest BCUT2D eigenvalue weighted by atomic mass is 10.1. The fourth-order valence-electron chi connectivity index (χ4n) is 3.80. The molecule has 0 saturated carbocycles. The molecule has 0 spiro atoms. The number of anilines is 1. The quantitative estimate of drug-likeness (QED) is 0.204. The lowest BCUT2D eigenvalue weighted by molar-refractivity contribution is -1.12. The van der Waals surface area contributed by atoms with Gasteiger partial charge in [-0.1, -0.05) is 45.4 Å². The fourth-order valence-corrected chi connectivity index (χ4v) is 3.80. The maximum absolute atomic E-state index is 12.7. The van der Waals surface area contributed by atoms with Crippen molar-refractivity contribution >= 4 is 40.3 Å². The van der Waals surface area contributed by atoms with Crippen molar-refractivity contribution < 1.29 is 34.0 Å². The summed E-state index contributed by atoms with van der Waals surface area (Å²) in [5.41, 5.74) is 0.965. The second-order valence-corrected chi connectivity index (χ2v) is 8.12. The van der Waals surface area contributed by atoms with Gasteiger partial charge < -0.3 is 10.3 Å². The summed E-state index contributed by atoms with van der Waals surface area (Å²) in [5, 5.41) is 13.5. The largest absolute Gasteiger partial charge is 0.404 e. The minimum Gasteiger partial charge on any atom is -0.361 e. The minimum atomic E-state index is -1.99. The number of nitrogens with one attached hydrogen (secondary N) is 2. The van der Waals surface area contributed by atoms with Crippen molar-refractivity contribution in [2.45, 2.75) is 71.1 Å². The molecule has 0 unspecified atom stereocenters. The van der Waals surface area contributed by atoms with E-state index >= 15 is 0 Å². The fraction of sp³-hybridized carbons (Fsp3) is 0.478. The third-order valence-corrected chi connectivity index (χ3v) is 5.62. The van der Waals surface area contributed by atoms with Crippen LogP contribution in [0.2, 0.25) is 0 Å². The molecule has 32 heavy (non-hydrogen) atoms.